The van der Waals surface area contributed by atoms with Crippen LogP contribution in [-0.2, 0) is 0 Å². The molecule has 0 saturated carbocycles. The number of nitrogens with zero attached hydrogens (tertiary/aromatic N) is 1. The molecule has 0 radical (unpaired) electrons. The molecular formula is C11H15NO. The van der Waals surface area contributed by atoms with Crippen molar-refractivity contribution < 1.29 is 4.79 Å². The molecule has 0 amide bonds. The number of hydrogen-bond acceptors (Lipinski definition) is 2. The Morgan fingerprint density at radius 1 is 1.38 bits per heavy atom. The van der Waals surface area contributed by atoms with Gasteiger partial charge in [-0.15, -0.1) is 0 Å². The van der Waals surface area contributed by atoms with Gasteiger partial charge in [0, 0.05) is 22.9 Å². The Morgan fingerprint density at radius 3 is 2.46 bits per heavy atom. The fourth-order valence-corrected chi connectivity index (χ4v) is 1.12. The van der Waals surface area contributed by atoms with E-state index >= 15 is 0 Å². The molecule has 1 rings (SSSR count). The van der Waals surface area contributed by atoms with Gasteiger partial charge in [-0.1, -0.05) is 20.8 Å². The highest BCUT2D eigenvalue weighted by Gasteiger charge is 2.22. The monoisotopic (exact) mass is 177 g/mol. The number of hydrogen-bond donors (Lipinski definition) is 0. The molecule has 0 atom stereocenters. The van der Waals surface area contributed by atoms with E-state index in [9.17, 15) is 4.79 Å². The van der Waals surface area contributed by atoms with Gasteiger partial charge in [-0.3, -0.25) is 9.78 Å². The molecular weight excluding hydrogens is 162 g/mol. The minimum absolute atomic E-state index is 0.165. The zero-order valence-corrected chi connectivity index (χ0v) is 8.59. The lowest BCUT2D eigenvalue weighted by Gasteiger charge is -2.16. The smallest absolute Gasteiger partial charge is 0.168 e. The van der Waals surface area contributed by atoms with E-state index in [1.807, 2.05) is 33.8 Å². The van der Waals surface area contributed by atoms with Crippen LogP contribution in [-0.4, -0.2) is 10.8 Å². The molecule has 0 fully saturated rings. The van der Waals surface area contributed by atoms with Gasteiger partial charge >= 0.3 is 0 Å². The molecule has 2 heteroatoms. The summed E-state index contributed by atoms with van der Waals surface area (Å²) in [6.07, 6.45) is 1.67. The third-order valence-corrected chi connectivity index (χ3v) is 1.84. The third-order valence-electron chi connectivity index (χ3n) is 1.84. The number of carbonyl (C=O) groups is 1. The fourth-order valence-electron chi connectivity index (χ4n) is 1.12. The molecule has 0 aliphatic heterocycles. The number of pyridine rings is 1. The van der Waals surface area contributed by atoms with Crippen molar-refractivity contribution in [3.63, 3.8) is 0 Å². The fraction of sp³-hybridized carbons (Fsp3) is 0.455. The number of aryl methyl sites for hydroxylation is 1. The summed E-state index contributed by atoms with van der Waals surface area (Å²) in [5.74, 6) is 0.165. The highest BCUT2D eigenvalue weighted by molar-refractivity contribution is 5.99. The van der Waals surface area contributed by atoms with Crippen LogP contribution in [0.1, 0.15) is 36.8 Å². The summed E-state index contributed by atoms with van der Waals surface area (Å²) in [5, 5.41) is 0. The van der Waals surface area contributed by atoms with Crippen molar-refractivity contribution in [3.05, 3.63) is 29.6 Å². The molecule has 1 aromatic rings. The summed E-state index contributed by atoms with van der Waals surface area (Å²) in [7, 11) is 0. The molecule has 1 aromatic heterocycles. The maximum Gasteiger partial charge on any atom is 0.168 e. The van der Waals surface area contributed by atoms with E-state index in [-0.39, 0.29) is 11.2 Å². The van der Waals surface area contributed by atoms with E-state index in [1.54, 1.807) is 12.3 Å². The topological polar surface area (TPSA) is 30.0 Å². The van der Waals surface area contributed by atoms with Gasteiger partial charge in [-0.05, 0) is 19.1 Å². The van der Waals surface area contributed by atoms with E-state index in [0.29, 0.717) is 0 Å². The Bertz CT molecular complexity index is 323. The number of aromatic nitrogens is 1. The predicted octanol–water partition coefficient (Wildman–Crippen LogP) is 2.62. The molecule has 0 N–H and O–H groups in total. The average Bonchev–Trinajstić information content (AvgIpc) is 2.01. The van der Waals surface area contributed by atoms with Crippen LogP contribution in [0.25, 0.3) is 0 Å². The van der Waals surface area contributed by atoms with Crippen molar-refractivity contribution in [1.29, 1.82) is 0 Å². The molecule has 70 valence electrons. The molecule has 0 saturated heterocycles. The van der Waals surface area contributed by atoms with Gasteiger partial charge in [0.15, 0.2) is 5.78 Å². The summed E-state index contributed by atoms with van der Waals surface area (Å²) in [6.45, 7) is 7.65. The zero-order valence-electron chi connectivity index (χ0n) is 8.59. The Hall–Kier alpha value is -1.18. The first-order chi connectivity index (χ1) is 5.91. The Kier molecular flexibility index (Phi) is 2.50. The van der Waals surface area contributed by atoms with Gasteiger partial charge in [-0.2, -0.15) is 0 Å². The molecule has 0 aliphatic carbocycles. The normalized spacial score (nSPS) is 11.4. The Labute approximate surface area is 79.0 Å². The second-order valence-electron chi connectivity index (χ2n) is 4.27. The average molecular weight is 177 g/mol. The number of carbonyl (C=O) groups excluding carboxylic acids is 1. The van der Waals surface area contributed by atoms with Gasteiger partial charge in [0.1, 0.15) is 0 Å². The zero-order chi connectivity index (χ0) is 10.1. The van der Waals surface area contributed by atoms with Crippen molar-refractivity contribution in [2.24, 2.45) is 5.41 Å². The highest BCUT2D eigenvalue weighted by atomic mass is 16.1. The quantitative estimate of drug-likeness (QED) is 0.617. The molecule has 0 bridgehead atoms. The molecule has 1 heterocycles. The van der Waals surface area contributed by atoms with E-state index < -0.39 is 0 Å². The summed E-state index contributed by atoms with van der Waals surface area (Å²) >= 11 is 0. The standard InChI is InChI=1S/C11H15NO/c1-8-7-9(5-6-12-8)10(13)11(2,3)4/h5-7H,1-4H3. The van der Waals surface area contributed by atoms with Gasteiger partial charge in [0.25, 0.3) is 0 Å². The van der Waals surface area contributed by atoms with Crippen LogP contribution >= 0.6 is 0 Å². The lowest BCUT2D eigenvalue weighted by molar-refractivity contribution is 0.0858. The van der Waals surface area contributed by atoms with Crippen LogP contribution < -0.4 is 0 Å². The van der Waals surface area contributed by atoms with E-state index in [1.165, 1.54) is 0 Å². The molecule has 0 aromatic carbocycles. The highest BCUT2D eigenvalue weighted by Crippen LogP contribution is 2.20. The molecule has 0 unspecified atom stereocenters. The maximum atomic E-state index is 11.8. The SMILES string of the molecule is Cc1cc(C(=O)C(C)(C)C)ccn1. The van der Waals surface area contributed by atoms with Gasteiger partial charge in [-0.25, -0.2) is 0 Å². The van der Waals surface area contributed by atoms with Crippen molar-refractivity contribution in [1.82, 2.24) is 4.98 Å². The van der Waals surface area contributed by atoms with Crippen molar-refractivity contribution in [3.8, 4) is 0 Å². The number of ketones is 1. The molecule has 13 heavy (non-hydrogen) atoms. The minimum Gasteiger partial charge on any atom is -0.294 e. The van der Waals surface area contributed by atoms with E-state index in [4.69, 9.17) is 0 Å². The van der Waals surface area contributed by atoms with Crippen LogP contribution in [0, 0.1) is 12.3 Å². The second kappa shape index (κ2) is 3.29. The largest absolute Gasteiger partial charge is 0.294 e. The van der Waals surface area contributed by atoms with Crippen LogP contribution in [0.15, 0.2) is 18.3 Å². The Morgan fingerprint density at radius 2 is 2.00 bits per heavy atom. The van der Waals surface area contributed by atoms with Crippen LogP contribution in [0.4, 0.5) is 0 Å². The summed E-state index contributed by atoms with van der Waals surface area (Å²) in [5.41, 5.74) is 1.32. The van der Waals surface area contributed by atoms with Crippen molar-refractivity contribution in [2.75, 3.05) is 0 Å². The number of rotatable bonds is 1. The lowest BCUT2D eigenvalue weighted by Crippen LogP contribution is -2.20. The summed E-state index contributed by atoms with van der Waals surface area (Å²) in [6, 6.07) is 3.59. The van der Waals surface area contributed by atoms with Gasteiger partial charge in [0.2, 0.25) is 0 Å². The first-order valence-corrected chi connectivity index (χ1v) is 4.39. The molecule has 0 aliphatic rings. The Balaban J connectivity index is 3.03. The van der Waals surface area contributed by atoms with Crippen LogP contribution in [0.5, 0.6) is 0 Å². The molecule has 2 nitrogen and oxygen atoms in total. The first-order valence-electron chi connectivity index (χ1n) is 4.39. The minimum atomic E-state index is -0.312. The van der Waals surface area contributed by atoms with E-state index in [2.05, 4.69) is 4.98 Å². The second-order valence-corrected chi connectivity index (χ2v) is 4.27. The lowest BCUT2D eigenvalue weighted by atomic mass is 9.87. The van der Waals surface area contributed by atoms with Crippen molar-refractivity contribution >= 4 is 5.78 Å². The van der Waals surface area contributed by atoms with Crippen LogP contribution in [0.2, 0.25) is 0 Å². The predicted molar refractivity (Wildman–Crippen MR) is 52.8 cm³/mol. The van der Waals surface area contributed by atoms with Gasteiger partial charge < -0.3 is 0 Å². The van der Waals surface area contributed by atoms with Crippen molar-refractivity contribution in [2.45, 2.75) is 27.7 Å². The molecule has 0 spiro atoms. The maximum absolute atomic E-state index is 11.8. The summed E-state index contributed by atoms with van der Waals surface area (Å²) in [4.78, 5) is 15.8. The van der Waals surface area contributed by atoms with Gasteiger partial charge in [0.05, 0.1) is 0 Å². The first kappa shape index (κ1) is 9.90. The number of Topliss-reactive ketones (excluding diaryl/α,β-unsaturated/α-hetero) is 1. The van der Waals surface area contributed by atoms with E-state index in [0.717, 1.165) is 11.3 Å². The third kappa shape index (κ3) is 2.38. The summed E-state index contributed by atoms with van der Waals surface area (Å²) < 4.78 is 0. The van der Waals surface area contributed by atoms with Crippen LogP contribution in [0.3, 0.4) is 0 Å².